The maximum Gasteiger partial charge on any atom is 0.336 e. The molecule has 1 N–H and O–H groups in total. The van der Waals surface area contributed by atoms with Crippen LogP contribution in [0, 0.1) is 12.7 Å². The number of carbonyl (C=O) groups is 1. The van der Waals surface area contributed by atoms with Crippen LogP contribution < -0.4 is 20.4 Å². The number of ether oxygens (including phenoxy) is 2. The van der Waals surface area contributed by atoms with Crippen molar-refractivity contribution in [1.82, 2.24) is 5.32 Å². The molecule has 0 saturated heterocycles. The van der Waals surface area contributed by atoms with Gasteiger partial charge in [0.05, 0.1) is 13.2 Å². The molecule has 0 aliphatic heterocycles. The van der Waals surface area contributed by atoms with E-state index in [0.717, 1.165) is 10.9 Å². The zero-order valence-electron chi connectivity index (χ0n) is 15.7. The number of carbonyl (C=O) groups excluding carboxylic acids is 1. The molecule has 2 aromatic carbocycles. The van der Waals surface area contributed by atoms with E-state index in [1.807, 2.05) is 6.92 Å². The molecule has 28 heavy (non-hydrogen) atoms. The lowest BCUT2D eigenvalue weighted by molar-refractivity contribution is -0.123. The molecule has 0 saturated carbocycles. The van der Waals surface area contributed by atoms with Crippen LogP contribution in [-0.2, 0) is 4.79 Å². The Morgan fingerprint density at radius 1 is 1.21 bits per heavy atom. The lowest BCUT2D eigenvalue weighted by Gasteiger charge is -2.15. The van der Waals surface area contributed by atoms with E-state index in [2.05, 4.69) is 5.32 Å². The van der Waals surface area contributed by atoms with Gasteiger partial charge in [0, 0.05) is 17.5 Å². The maximum atomic E-state index is 13.8. The molecular weight excluding hydrogens is 365 g/mol. The highest BCUT2D eigenvalue weighted by Gasteiger charge is 2.13. The smallest absolute Gasteiger partial charge is 0.336 e. The first-order valence-corrected chi connectivity index (χ1v) is 8.67. The van der Waals surface area contributed by atoms with Gasteiger partial charge in [-0.05, 0) is 49.2 Å². The summed E-state index contributed by atoms with van der Waals surface area (Å²) < 4.78 is 29.3. The summed E-state index contributed by atoms with van der Waals surface area (Å²) in [5, 5.41) is 3.54. The number of benzene rings is 2. The molecule has 1 aromatic heterocycles. The van der Waals surface area contributed by atoms with Crippen molar-refractivity contribution in [3.05, 3.63) is 69.8 Å². The maximum absolute atomic E-state index is 13.8. The van der Waals surface area contributed by atoms with Gasteiger partial charge < -0.3 is 19.2 Å². The van der Waals surface area contributed by atoms with Gasteiger partial charge in [-0.25, -0.2) is 9.18 Å². The number of methoxy groups -OCH3 is 1. The molecule has 1 atom stereocenters. The van der Waals surface area contributed by atoms with Crippen molar-refractivity contribution in [2.24, 2.45) is 0 Å². The second-order valence-corrected chi connectivity index (χ2v) is 6.38. The Morgan fingerprint density at radius 3 is 2.71 bits per heavy atom. The summed E-state index contributed by atoms with van der Waals surface area (Å²) in [5.74, 6) is -0.317. The Morgan fingerprint density at radius 2 is 2.00 bits per heavy atom. The fourth-order valence-corrected chi connectivity index (χ4v) is 2.86. The summed E-state index contributed by atoms with van der Waals surface area (Å²) in [6.45, 7) is 3.33. The summed E-state index contributed by atoms with van der Waals surface area (Å²) in [5.41, 5.74) is 1.36. The fourth-order valence-electron chi connectivity index (χ4n) is 2.86. The third kappa shape index (κ3) is 4.31. The predicted molar refractivity (Wildman–Crippen MR) is 102 cm³/mol. The zero-order chi connectivity index (χ0) is 20.3. The lowest BCUT2D eigenvalue weighted by atomic mass is 10.1. The molecule has 3 rings (SSSR count). The Bertz CT molecular complexity index is 1080. The van der Waals surface area contributed by atoms with Crippen LogP contribution in [0.3, 0.4) is 0 Å². The van der Waals surface area contributed by atoms with E-state index >= 15 is 0 Å². The Labute approximate surface area is 160 Å². The van der Waals surface area contributed by atoms with Crippen LogP contribution in [0.15, 0.2) is 51.7 Å². The van der Waals surface area contributed by atoms with Crippen LogP contribution in [-0.4, -0.2) is 19.6 Å². The normalized spacial score (nSPS) is 11.9. The average molecular weight is 385 g/mol. The number of fused-ring (bicyclic) bond motifs is 1. The number of nitrogens with one attached hydrogen (secondary N) is 1. The van der Waals surface area contributed by atoms with Gasteiger partial charge in [-0.15, -0.1) is 0 Å². The number of aryl methyl sites for hydroxylation is 1. The van der Waals surface area contributed by atoms with E-state index in [-0.39, 0.29) is 18.3 Å². The highest BCUT2D eigenvalue weighted by Crippen LogP contribution is 2.23. The largest absolute Gasteiger partial charge is 0.494 e. The predicted octanol–water partition coefficient (Wildman–Crippen LogP) is 3.51. The van der Waals surface area contributed by atoms with Crippen LogP contribution in [0.1, 0.15) is 24.1 Å². The molecular formula is C21H20FNO5. The van der Waals surface area contributed by atoms with Gasteiger partial charge in [0.2, 0.25) is 0 Å². The monoisotopic (exact) mass is 385 g/mol. The number of amides is 1. The summed E-state index contributed by atoms with van der Waals surface area (Å²) in [6, 6.07) is 10.6. The van der Waals surface area contributed by atoms with Gasteiger partial charge >= 0.3 is 5.63 Å². The molecule has 6 nitrogen and oxygen atoms in total. The standard InChI is InChI=1S/C21H20FNO5/c1-12-8-21(25)28-19-10-15(5-6-16(12)19)27-11-20(24)23-13(2)14-4-7-18(26-3)17(22)9-14/h4-10,13H,11H2,1-3H3,(H,23,24). The first-order valence-electron chi connectivity index (χ1n) is 8.67. The molecule has 1 unspecified atom stereocenters. The summed E-state index contributed by atoms with van der Waals surface area (Å²) in [4.78, 5) is 23.6. The molecule has 1 amide bonds. The van der Waals surface area contributed by atoms with Crippen molar-refractivity contribution in [2.45, 2.75) is 19.9 Å². The van der Waals surface area contributed by atoms with Crippen LogP contribution in [0.5, 0.6) is 11.5 Å². The van der Waals surface area contributed by atoms with Crippen molar-refractivity contribution in [3.8, 4) is 11.5 Å². The second kappa shape index (κ2) is 8.12. The van der Waals surface area contributed by atoms with Gasteiger partial charge in [0.25, 0.3) is 5.91 Å². The SMILES string of the molecule is COc1ccc(C(C)NC(=O)COc2ccc3c(C)cc(=O)oc3c2)cc1F. The number of halogens is 1. The Hall–Kier alpha value is -3.35. The minimum Gasteiger partial charge on any atom is -0.494 e. The molecule has 146 valence electrons. The summed E-state index contributed by atoms with van der Waals surface area (Å²) in [7, 11) is 1.39. The fraction of sp³-hybridized carbons (Fsp3) is 0.238. The third-order valence-electron chi connectivity index (χ3n) is 4.35. The van der Waals surface area contributed by atoms with Gasteiger partial charge in [-0.3, -0.25) is 4.79 Å². The third-order valence-corrected chi connectivity index (χ3v) is 4.35. The lowest BCUT2D eigenvalue weighted by Crippen LogP contribution is -2.31. The number of rotatable bonds is 6. The van der Waals surface area contributed by atoms with E-state index in [1.54, 1.807) is 31.2 Å². The number of hydrogen-bond acceptors (Lipinski definition) is 5. The van der Waals surface area contributed by atoms with Crippen molar-refractivity contribution in [3.63, 3.8) is 0 Å². The topological polar surface area (TPSA) is 77.8 Å². The van der Waals surface area contributed by atoms with Crippen molar-refractivity contribution in [1.29, 1.82) is 0 Å². The van der Waals surface area contributed by atoms with Gasteiger partial charge in [0.1, 0.15) is 11.3 Å². The summed E-state index contributed by atoms with van der Waals surface area (Å²) >= 11 is 0. The first kappa shape index (κ1) is 19.4. The van der Waals surface area contributed by atoms with Crippen LogP contribution in [0.25, 0.3) is 11.0 Å². The van der Waals surface area contributed by atoms with Crippen LogP contribution in [0.4, 0.5) is 4.39 Å². The summed E-state index contributed by atoms with van der Waals surface area (Å²) in [6.07, 6.45) is 0. The van der Waals surface area contributed by atoms with Crippen LogP contribution >= 0.6 is 0 Å². The minimum absolute atomic E-state index is 0.142. The second-order valence-electron chi connectivity index (χ2n) is 6.38. The van der Waals surface area contributed by atoms with E-state index in [4.69, 9.17) is 13.9 Å². The van der Waals surface area contributed by atoms with Gasteiger partial charge in [0.15, 0.2) is 18.2 Å². The molecule has 7 heteroatoms. The first-order chi connectivity index (χ1) is 13.4. The van der Waals surface area contributed by atoms with E-state index < -0.39 is 17.5 Å². The molecule has 0 aliphatic carbocycles. The molecule has 0 bridgehead atoms. The minimum atomic E-state index is -0.495. The van der Waals surface area contributed by atoms with E-state index in [1.165, 1.54) is 25.3 Å². The van der Waals surface area contributed by atoms with Crippen molar-refractivity contribution < 1.29 is 23.1 Å². The van der Waals surface area contributed by atoms with Gasteiger partial charge in [-0.1, -0.05) is 6.07 Å². The molecule has 0 fully saturated rings. The van der Waals surface area contributed by atoms with Crippen LogP contribution in [0.2, 0.25) is 0 Å². The molecule has 3 aromatic rings. The van der Waals surface area contributed by atoms with E-state index in [0.29, 0.717) is 16.9 Å². The van der Waals surface area contributed by atoms with Crippen molar-refractivity contribution >= 4 is 16.9 Å². The Balaban J connectivity index is 1.63. The zero-order valence-corrected chi connectivity index (χ0v) is 15.7. The molecule has 1 heterocycles. The highest BCUT2D eigenvalue weighted by atomic mass is 19.1. The van der Waals surface area contributed by atoms with Gasteiger partial charge in [-0.2, -0.15) is 0 Å². The Kier molecular flexibility index (Phi) is 5.63. The molecule has 0 aliphatic rings. The van der Waals surface area contributed by atoms with Crippen molar-refractivity contribution in [2.75, 3.05) is 13.7 Å². The highest BCUT2D eigenvalue weighted by molar-refractivity contribution is 5.81. The van der Waals surface area contributed by atoms with E-state index in [9.17, 15) is 14.0 Å². The molecule has 0 spiro atoms. The quantitative estimate of drug-likeness (QED) is 0.657. The molecule has 0 radical (unpaired) electrons. The number of hydrogen-bond donors (Lipinski definition) is 1. The average Bonchev–Trinajstić information content (AvgIpc) is 2.65.